The van der Waals surface area contributed by atoms with Crippen LogP contribution in [0.5, 0.6) is 5.75 Å². The fourth-order valence-corrected chi connectivity index (χ4v) is 3.70. The molecule has 0 saturated carbocycles. The van der Waals surface area contributed by atoms with Crippen LogP contribution < -0.4 is 19.9 Å². The third-order valence-corrected chi connectivity index (χ3v) is 5.46. The van der Waals surface area contributed by atoms with Crippen LogP contribution in [0.4, 0.5) is 17.1 Å². The van der Waals surface area contributed by atoms with Crippen molar-refractivity contribution in [1.82, 2.24) is 0 Å². The minimum atomic E-state index is -0.149. The highest BCUT2D eigenvalue weighted by molar-refractivity contribution is 6.04. The summed E-state index contributed by atoms with van der Waals surface area (Å²) in [6, 6.07) is 24.9. The average Bonchev–Trinajstić information content (AvgIpc) is 2.84. The zero-order valence-electron chi connectivity index (χ0n) is 17.4. The molecule has 0 aliphatic carbocycles. The number of rotatable bonds is 5. The Morgan fingerprint density at radius 1 is 0.903 bits per heavy atom. The Bertz CT molecular complexity index is 1080. The number of carbonyl (C=O) groups excluding carboxylic acids is 1. The Hall–Kier alpha value is -3.98. The van der Waals surface area contributed by atoms with E-state index in [1.807, 2.05) is 42.5 Å². The number of amides is 1. The van der Waals surface area contributed by atoms with Gasteiger partial charge in [0.25, 0.3) is 5.91 Å². The molecule has 0 unspecified atom stereocenters. The number of methoxy groups -OCH3 is 1. The first-order chi connectivity index (χ1) is 15.2. The minimum Gasteiger partial charge on any atom is -0.497 e. The molecule has 3 aromatic rings. The van der Waals surface area contributed by atoms with Crippen molar-refractivity contribution in [3.8, 4) is 11.8 Å². The van der Waals surface area contributed by atoms with Crippen molar-refractivity contribution in [2.24, 2.45) is 0 Å². The molecule has 0 atom stereocenters. The molecule has 0 radical (unpaired) electrons. The highest BCUT2D eigenvalue weighted by Crippen LogP contribution is 2.23. The predicted molar refractivity (Wildman–Crippen MR) is 123 cm³/mol. The summed E-state index contributed by atoms with van der Waals surface area (Å²) in [5, 5.41) is 12.0. The molecule has 1 fully saturated rings. The van der Waals surface area contributed by atoms with Crippen LogP contribution in [-0.2, 0) is 0 Å². The monoisotopic (exact) mass is 412 g/mol. The molecule has 1 aliphatic heterocycles. The molecule has 4 rings (SSSR count). The zero-order chi connectivity index (χ0) is 21.6. The Labute approximate surface area is 182 Å². The lowest BCUT2D eigenvalue weighted by Gasteiger charge is -2.37. The van der Waals surface area contributed by atoms with Gasteiger partial charge in [0.1, 0.15) is 5.75 Å². The van der Waals surface area contributed by atoms with E-state index < -0.39 is 0 Å². The molecule has 3 aromatic carbocycles. The van der Waals surface area contributed by atoms with Crippen molar-refractivity contribution >= 4 is 23.0 Å². The second-order valence-corrected chi connectivity index (χ2v) is 7.37. The van der Waals surface area contributed by atoms with E-state index in [1.54, 1.807) is 31.4 Å². The first kappa shape index (κ1) is 20.3. The molecule has 0 aromatic heterocycles. The van der Waals surface area contributed by atoms with Gasteiger partial charge in [0, 0.05) is 48.8 Å². The number of benzene rings is 3. The first-order valence-electron chi connectivity index (χ1n) is 10.2. The van der Waals surface area contributed by atoms with Crippen molar-refractivity contribution < 1.29 is 9.53 Å². The number of carbonyl (C=O) groups is 1. The zero-order valence-corrected chi connectivity index (χ0v) is 17.4. The van der Waals surface area contributed by atoms with Gasteiger partial charge in [-0.2, -0.15) is 5.26 Å². The average molecular weight is 412 g/mol. The van der Waals surface area contributed by atoms with E-state index in [4.69, 9.17) is 10.00 Å². The lowest BCUT2D eigenvalue weighted by atomic mass is 10.1. The van der Waals surface area contributed by atoms with Crippen LogP contribution in [0.3, 0.4) is 0 Å². The summed E-state index contributed by atoms with van der Waals surface area (Å²) in [4.78, 5) is 17.1. The van der Waals surface area contributed by atoms with Gasteiger partial charge in [0.2, 0.25) is 0 Å². The largest absolute Gasteiger partial charge is 0.497 e. The van der Waals surface area contributed by atoms with Crippen LogP contribution in [-0.4, -0.2) is 39.2 Å². The summed E-state index contributed by atoms with van der Waals surface area (Å²) in [6.45, 7) is 3.58. The van der Waals surface area contributed by atoms with Crippen molar-refractivity contribution in [2.45, 2.75) is 0 Å². The summed E-state index contributed by atoms with van der Waals surface area (Å²) < 4.78 is 5.13. The highest BCUT2D eigenvalue weighted by Gasteiger charge is 2.18. The predicted octanol–water partition coefficient (Wildman–Crippen LogP) is 4.15. The van der Waals surface area contributed by atoms with E-state index in [2.05, 4.69) is 27.3 Å². The third kappa shape index (κ3) is 4.78. The lowest BCUT2D eigenvalue weighted by Crippen LogP contribution is -2.46. The Morgan fingerprint density at radius 2 is 1.55 bits per heavy atom. The molecular weight excluding hydrogens is 388 g/mol. The van der Waals surface area contributed by atoms with Crippen molar-refractivity contribution in [3.63, 3.8) is 0 Å². The fraction of sp³-hybridized carbons (Fsp3) is 0.200. The van der Waals surface area contributed by atoms with E-state index in [0.717, 1.165) is 49.0 Å². The lowest BCUT2D eigenvalue weighted by molar-refractivity contribution is 0.102. The summed E-state index contributed by atoms with van der Waals surface area (Å²) in [7, 11) is 1.60. The van der Waals surface area contributed by atoms with Crippen LogP contribution in [0.15, 0.2) is 72.8 Å². The van der Waals surface area contributed by atoms with Gasteiger partial charge in [-0.3, -0.25) is 4.79 Å². The quantitative estimate of drug-likeness (QED) is 0.682. The standard InChI is InChI=1S/C25H24N4O2/c1-31-24-11-5-20(6-12-24)25(30)27-21-7-9-22(10-8-21)28-13-15-29(16-14-28)23-4-2-3-19(17-23)18-26/h2-12,17H,13-16H2,1H3,(H,27,30). The first-order valence-corrected chi connectivity index (χ1v) is 10.2. The molecule has 1 N–H and O–H groups in total. The second kappa shape index (κ2) is 9.23. The molecule has 6 heteroatoms. The number of anilines is 3. The van der Waals surface area contributed by atoms with Gasteiger partial charge < -0.3 is 19.9 Å². The van der Waals surface area contributed by atoms with Gasteiger partial charge in [-0.15, -0.1) is 0 Å². The maximum Gasteiger partial charge on any atom is 0.255 e. The van der Waals surface area contributed by atoms with Gasteiger partial charge in [0.15, 0.2) is 0 Å². The van der Waals surface area contributed by atoms with Crippen LogP contribution in [0, 0.1) is 11.3 Å². The SMILES string of the molecule is COc1ccc(C(=O)Nc2ccc(N3CCN(c4cccc(C#N)c4)CC3)cc2)cc1. The van der Waals surface area contributed by atoms with Gasteiger partial charge in [-0.1, -0.05) is 6.07 Å². The van der Waals surface area contributed by atoms with Gasteiger partial charge >= 0.3 is 0 Å². The minimum absolute atomic E-state index is 0.149. The summed E-state index contributed by atoms with van der Waals surface area (Å²) in [5.41, 5.74) is 4.26. The van der Waals surface area contributed by atoms with E-state index in [1.165, 1.54) is 0 Å². The molecule has 6 nitrogen and oxygen atoms in total. The molecule has 1 saturated heterocycles. The smallest absolute Gasteiger partial charge is 0.255 e. The Kier molecular flexibility index (Phi) is 6.04. The van der Waals surface area contributed by atoms with Crippen molar-refractivity contribution in [1.29, 1.82) is 5.26 Å². The summed E-state index contributed by atoms with van der Waals surface area (Å²) in [5.74, 6) is 0.572. The van der Waals surface area contributed by atoms with Crippen LogP contribution in [0.2, 0.25) is 0 Å². The normalized spacial score (nSPS) is 13.4. The molecule has 1 heterocycles. The number of ether oxygens (including phenoxy) is 1. The number of nitrogens with one attached hydrogen (secondary N) is 1. The molecule has 1 amide bonds. The van der Waals surface area contributed by atoms with E-state index in [0.29, 0.717) is 11.1 Å². The number of nitrogens with zero attached hydrogens (tertiary/aromatic N) is 3. The van der Waals surface area contributed by atoms with Gasteiger partial charge in [-0.25, -0.2) is 0 Å². The van der Waals surface area contributed by atoms with E-state index in [9.17, 15) is 4.79 Å². The van der Waals surface area contributed by atoms with Crippen LogP contribution >= 0.6 is 0 Å². The van der Waals surface area contributed by atoms with E-state index >= 15 is 0 Å². The molecule has 31 heavy (non-hydrogen) atoms. The summed E-state index contributed by atoms with van der Waals surface area (Å²) >= 11 is 0. The number of hydrogen-bond acceptors (Lipinski definition) is 5. The fourth-order valence-electron chi connectivity index (χ4n) is 3.70. The maximum absolute atomic E-state index is 12.4. The molecule has 1 aliphatic rings. The number of hydrogen-bond donors (Lipinski definition) is 1. The number of nitriles is 1. The van der Waals surface area contributed by atoms with Crippen LogP contribution in [0.25, 0.3) is 0 Å². The molecule has 0 bridgehead atoms. The molecular formula is C25H24N4O2. The molecule has 156 valence electrons. The third-order valence-electron chi connectivity index (χ3n) is 5.46. The van der Waals surface area contributed by atoms with Crippen molar-refractivity contribution in [3.05, 3.63) is 83.9 Å². The van der Waals surface area contributed by atoms with Crippen molar-refractivity contribution in [2.75, 3.05) is 48.4 Å². The highest BCUT2D eigenvalue weighted by atomic mass is 16.5. The van der Waals surface area contributed by atoms with E-state index in [-0.39, 0.29) is 5.91 Å². The second-order valence-electron chi connectivity index (χ2n) is 7.37. The molecule has 0 spiro atoms. The van der Waals surface area contributed by atoms with Gasteiger partial charge in [0.05, 0.1) is 18.7 Å². The maximum atomic E-state index is 12.4. The summed E-state index contributed by atoms with van der Waals surface area (Å²) in [6.07, 6.45) is 0. The Balaban J connectivity index is 1.34. The number of piperazine rings is 1. The Morgan fingerprint density at radius 3 is 2.16 bits per heavy atom. The topological polar surface area (TPSA) is 68.6 Å². The van der Waals surface area contributed by atoms with Crippen LogP contribution in [0.1, 0.15) is 15.9 Å². The van der Waals surface area contributed by atoms with Gasteiger partial charge in [-0.05, 0) is 66.7 Å².